The van der Waals surface area contributed by atoms with Crippen molar-refractivity contribution in [1.29, 1.82) is 0 Å². The molecule has 2 N–H and O–H groups in total. The second-order valence-corrected chi connectivity index (χ2v) is 7.84. The van der Waals surface area contributed by atoms with E-state index in [1.807, 2.05) is 24.6 Å². The fourth-order valence-corrected chi connectivity index (χ4v) is 3.84. The van der Waals surface area contributed by atoms with E-state index in [-0.39, 0.29) is 18.0 Å². The van der Waals surface area contributed by atoms with Gasteiger partial charge in [0.05, 0.1) is 23.2 Å². The second-order valence-electron chi connectivity index (χ2n) is 7.03. The molecule has 0 aliphatic heterocycles. The molecule has 0 aromatic carbocycles. The number of hydrogen-bond acceptors (Lipinski definition) is 4. The minimum Gasteiger partial charge on any atom is -0.348 e. The van der Waals surface area contributed by atoms with Gasteiger partial charge in [0.25, 0.3) is 11.5 Å². The van der Waals surface area contributed by atoms with Crippen LogP contribution in [0.25, 0.3) is 11.0 Å². The van der Waals surface area contributed by atoms with Crippen molar-refractivity contribution < 1.29 is 4.79 Å². The van der Waals surface area contributed by atoms with E-state index in [1.165, 1.54) is 6.42 Å². The molecule has 0 atom stereocenters. The van der Waals surface area contributed by atoms with Crippen molar-refractivity contribution in [2.75, 3.05) is 0 Å². The number of aromatic nitrogens is 4. The molecule has 0 spiro atoms. The smallest absolute Gasteiger partial charge is 0.253 e. The molecule has 4 rings (SSSR count). The molecule has 8 heteroatoms. The number of pyridine rings is 2. The highest BCUT2D eigenvalue weighted by Gasteiger charge is 2.24. The van der Waals surface area contributed by atoms with Crippen LogP contribution in [0.5, 0.6) is 0 Å². The molecule has 3 aromatic heterocycles. The fraction of sp³-hybridized carbons (Fsp3) is 0.368. The standard InChI is InChI=1S/C19H20BrN5O2/c1-10-6-11(2)23-19(27)14(10)8-21-18(26)13-7-16(20)24-17-15(13)9-22-25(17)12-4-3-5-12/h6-7,9,12H,3-5,8H2,1-2H3,(H,21,26)(H,23,27). The van der Waals surface area contributed by atoms with Crippen LogP contribution in [0.2, 0.25) is 0 Å². The van der Waals surface area contributed by atoms with Gasteiger partial charge in [-0.1, -0.05) is 0 Å². The van der Waals surface area contributed by atoms with Gasteiger partial charge in [-0.3, -0.25) is 9.59 Å². The van der Waals surface area contributed by atoms with Gasteiger partial charge in [-0.2, -0.15) is 5.10 Å². The first-order valence-corrected chi connectivity index (χ1v) is 9.74. The van der Waals surface area contributed by atoms with Crippen molar-refractivity contribution in [2.24, 2.45) is 0 Å². The number of H-pyrrole nitrogens is 1. The fourth-order valence-electron chi connectivity index (χ4n) is 3.44. The summed E-state index contributed by atoms with van der Waals surface area (Å²) < 4.78 is 2.50. The van der Waals surface area contributed by atoms with E-state index in [4.69, 9.17) is 0 Å². The number of fused-ring (bicyclic) bond motifs is 1. The van der Waals surface area contributed by atoms with Gasteiger partial charge in [0.2, 0.25) is 0 Å². The molecule has 3 heterocycles. The van der Waals surface area contributed by atoms with Crippen LogP contribution in [0.4, 0.5) is 0 Å². The lowest BCUT2D eigenvalue weighted by molar-refractivity contribution is 0.0952. The number of aryl methyl sites for hydroxylation is 2. The lowest BCUT2D eigenvalue weighted by atomic mass is 9.93. The molecule has 7 nitrogen and oxygen atoms in total. The van der Waals surface area contributed by atoms with Gasteiger partial charge >= 0.3 is 0 Å². The zero-order chi connectivity index (χ0) is 19.1. The number of amides is 1. The normalized spacial score (nSPS) is 14.3. The summed E-state index contributed by atoms with van der Waals surface area (Å²) in [6.45, 7) is 3.87. The predicted molar refractivity (Wildman–Crippen MR) is 106 cm³/mol. The molecule has 1 fully saturated rings. The monoisotopic (exact) mass is 429 g/mol. The number of nitrogens with one attached hydrogen (secondary N) is 2. The Labute approximate surface area is 164 Å². The third-order valence-electron chi connectivity index (χ3n) is 5.12. The summed E-state index contributed by atoms with van der Waals surface area (Å²) in [7, 11) is 0. The zero-order valence-corrected chi connectivity index (χ0v) is 16.8. The maximum absolute atomic E-state index is 12.8. The van der Waals surface area contributed by atoms with Crippen LogP contribution >= 0.6 is 15.9 Å². The van der Waals surface area contributed by atoms with Crippen LogP contribution in [0.1, 0.15) is 52.5 Å². The van der Waals surface area contributed by atoms with Crippen molar-refractivity contribution >= 4 is 32.9 Å². The molecule has 0 bridgehead atoms. The Bertz CT molecular complexity index is 1100. The summed E-state index contributed by atoms with van der Waals surface area (Å²) in [5.41, 5.74) is 3.25. The Morgan fingerprint density at radius 2 is 2.15 bits per heavy atom. The number of aromatic amines is 1. The highest BCUT2D eigenvalue weighted by atomic mass is 79.9. The molecule has 1 aliphatic carbocycles. The Morgan fingerprint density at radius 1 is 1.37 bits per heavy atom. The van der Waals surface area contributed by atoms with Gasteiger partial charge in [0.15, 0.2) is 5.65 Å². The number of hydrogen-bond donors (Lipinski definition) is 2. The lowest BCUT2D eigenvalue weighted by Crippen LogP contribution is -2.28. The summed E-state index contributed by atoms with van der Waals surface area (Å²) in [6, 6.07) is 3.94. The van der Waals surface area contributed by atoms with Crippen molar-refractivity contribution in [2.45, 2.75) is 45.7 Å². The minimum atomic E-state index is -0.254. The van der Waals surface area contributed by atoms with Gasteiger partial charge in [0.1, 0.15) is 4.60 Å². The van der Waals surface area contributed by atoms with Crippen molar-refractivity contribution in [1.82, 2.24) is 25.1 Å². The molecule has 1 aliphatic rings. The topological polar surface area (TPSA) is 92.7 Å². The first-order valence-electron chi connectivity index (χ1n) is 8.95. The van der Waals surface area contributed by atoms with Gasteiger partial charge in [-0.15, -0.1) is 0 Å². The number of carbonyl (C=O) groups is 1. The number of nitrogens with zero attached hydrogens (tertiary/aromatic N) is 3. The first kappa shape index (κ1) is 17.9. The molecule has 3 aromatic rings. The van der Waals surface area contributed by atoms with E-state index >= 15 is 0 Å². The largest absolute Gasteiger partial charge is 0.348 e. The zero-order valence-electron chi connectivity index (χ0n) is 15.2. The summed E-state index contributed by atoms with van der Waals surface area (Å²) in [4.78, 5) is 32.3. The minimum absolute atomic E-state index is 0.165. The van der Waals surface area contributed by atoms with E-state index < -0.39 is 0 Å². The molecule has 27 heavy (non-hydrogen) atoms. The van der Waals surface area contributed by atoms with E-state index in [1.54, 1.807) is 12.3 Å². The summed E-state index contributed by atoms with van der Waals surface area (Å²) in [5, 5.41) is 8.03. The maximum Gasteiger partial charge on any atom is 0.253 e. The van der Waals surface area contributed by atoms with Gasteiger partial charge in [-0.25, -0.2) is 9.67 Å². The number of halogens is 1. The van der Waals surface area contributed by atoms with Gasteiger partial charge in [0, 0.05) is 17.8 Å². The summed E-state index contributed by atoms with van der Waals surface area (Å²) in [6.07, 6.45) is 5.06. The number of rotatable bonds is 4. The van der Waals surface area contributed by atoms with E-state index in [0.29, 0.717) is 27.4 Å². The van der Waals surface area contributed by atoms with Gasteiger partial charge < -0.3 is 10.3 Å². The Morgan fingerprint density at radius 3 is 2.81 bits per heavy atom. The SMILES string of the molecule is Cc1cc(C)c(CNC(=O)c2cc(Br)nc3c2cnn3C2CCC2)c(=O)[nH]1. The molecule has 0 radical (unpaired) electrons. The third-order valence-corrected chi connectivity index (χ3v) is 5.53. The summed E-state index contributed by atoms with van der Waals surface area (Å²) in [5.74, 6) is -0.254. The average Bonchev–Trinajstić information content (AvgIpc) is 2.94. The van der Waals surface area contributed by atoms with Crippen LogP contribution < -0.4 is 10.9 Å². The van der Waals surface area contributed by atoms with Gasteiger partial charge in [-0.05, 0) is 66.7 Å². The quantitative estimate of drug-likeness (QED) is 0.622. The summed E-state index contributed by atoms with van der Waals surface area (Å²) >= 11 is 3.40. The molecule has 1 amide bonds. The maximum atomic E-state index is 12.8. The van der Waals surface area contributed by atoms with E-state index in [0.717, 1.165) is 29.5 Å². The Balaban J connectivity index is 1.63. The van der Waals surface area contributed by atoms with Crippen molar-refractivity contribution in [3.8, 4) is 0 Å². The van der Waals surface area contributed by atoms with Crippen LogP contribution in [0.15, 0.2) is 27.7 Å². The molecule has 140 valence electrons. The molecule has 0 saturated heterocycles. The van der Waals surface area contributed by atoms with E-state index in [9.17, 15) is 9.59 Å². The Kier molecular flexibility index (Phi) is 4.59. The average molecular weight is 430 g/mol. The molecular formula is C19H20BrN5O2. The molecule has 0 unspecified atom stereocenters. The highest BCUT2D eigenvalue weighted by molar-refractivity contribution is 9.10. The van der Waals surface area contributed by atoms with Crippen LogP contribution in [-0.4, -0.2) is 25.7 Å². The highest BCUT2D eigenvalue weighted by Crippen LogP contribution is 2.34. The predicted octanol–water partition coefficient (Wildman–Crippen LogP) is 3.15. The van der Waals surface area contributed by atoms with Crippen molar-refractivity contribution in [3.05, 3.63) is 55.7 Å². The van der Waals surface area contributed by atoms with Crippen LogP contribution in [0, 0.1) is 13.8 Å². The lowest BCUT2D eigenvalue weighted by Gasteiger charge is -2.25. The number of carbonyl (C=O) groups excluding carboxylic acids is 1. The third kappa shape index (κ3) is 3.29. The van der Waals surface area contributed by atoms with Crippen molar-refractivity contribution in [3.63, 3.8) is 0 Å². The van der Waals surface area contributed by atoms with Crippen LogP contribution in [-0.2, 0) is 6.54 Å². The Hall–Kier alpha value is -2.48. The second kappa shape index (κ2) is 6.92. The molecular weight excluding hydrogens is 410 g/mol. The first-order chi connectivity index (χ1) is 12.9. The molecule has 1 saturated carbocycles. The van der Waals surface area contributed by atoms with E-state index in [2.05, 4.69) is 36.3 Å². The van der Waals surface area contributed by atoms with Crippen LogP contribution in [0.3, 0.4) is 0 Å².